The molecule has 1 saturated heterocycles. The number of hydroxylamine groups is 1. The number of benzene rings is 1. The van der Waals surface area contributed by atoms with Gasteiger partial charge in [0.1, 0.15) is 5.69 Å². The number of aliphatic hydroxyl groups is 1. The highest BCUT2D eigenvalue weighted by Gasteiger charge is 2.45. The Bertz CT molecular complexity index is 1230. The van der Waals surface area contributed by atoms with Crippen molar-refractivity contribution in [1.29, 1.82) is 0 Å². The van der Waals surface area contributed by atoms with Crippen LogP contribution in [-0.2, 0) is 0 Å². The molecule has 1 spiro atoms. The van der Waals surface area contributed by atoms with Crippen LogP contribution in [0.2, 0.25) is 0 Å². The van der Waals surface area contributed by atoms with E-state index in [1.807, 2.05) is 6.07 Å². The fourth-order valence-corrected chi connectivity index (χ4v) is 5.94. The smallest absolute Gasteiger partial charge is 0.274 e. The van der Waals surface area contributed by atoms with Gasteiger partial charge in [0.05, 0.1) is 36.5 Å². The SMILES string of the molecule is O=C(Nc1cccn(C2CCC(F)(F)C2)c1=O)c1ccc(NSN(O)CCO)cc1N1CCC2(CC1)CC2. The monoisotopic (exact) mass is 549 g/mol. The van der Waals surface area contributed by atoms with E-state index in [2.05, 4.69) is 14.9 Å². The largest absolute Gasteiger partial charge is 0.395 e. The summed E-state index contributed by atoms with van der Waals surface area (Å²) in [5.41, 5.74) is 1.76. The minimum absolute atomic E-state index is 0.0481. The van der Waals surface area contributed by atoms with Crippen molar-refractivity contribution >= 4 is 35.1 Å². The van der Waals surface area contributed by atoms with Gasteiger partial charge in [-0.25, -0.2) is 8.78 Å². The van der Waals surface area contributed by atoms with E-state index in [1.54, 1.807) is 18.2 Å². The molecule has 5 rings (SSSR count). The summed E-state index contributed by atoms with van der Waals surface area (Å²) in [6.07, 6.45) is 5.66. The number of nitrogens with one attached hydrogen (secondary N) is 2. The fourth-order valence-electron chi connectivity index (χ4n) is 5.43. The van der Waals surface area contributed by atoms with Gasteiger partial charge in [-0.15, -0.1) is 4.47 Å². The number of rotatable bonds is 9. The summed E-state index contributed by atoms with van der Waals surface area (Å²) < 4.78 is 32.7. The summed E-state index contributed by atoms with van der Waals surface area (Å²) in [7, 11) is 0. The molecule has 1 atom stereocenters. The lowest BCUT2D eigenvalue weighted by molar-refractivity contribution is 0.00430. The maximum Gasteiger partial charge on any atom is 0.274 e. The van der Waals surface area contributed by atoms with E-state index in [9.17, 15) is 23.6 Å². The van der Waals surface area contributed by atoms with Gasteiger partial charge < -0.3 is 29.8 Å². The average Bonchev–Trinajstić information content (AvgIpc) is 3.55. The predicted molar refractivity (Wildman–Crippen MR) is 143 cm³/mol. The first kappa shape index (κ1) is 26.9. The van der Waals surface area contributed by atoms with E-state index in [-0.39, 0.29) is 38.1 Å². The van der Waals surface area contributed by atoms with Crippen LogP contribution in [-0.4, -0.2) is 57.4 Å². The summed E-state index contributed by atoms with van der Waals surface area (Å²) in [5, 5.41) is 21.5. The molecule has 3 aliphatic rings. The molecule has 0 radical (unpaired) electrons. The number of alkyl halides is 2. The van der Waals surface area contributed by atoms with E-state index in [1.165, 1.54) is 29.7 Å². The Hall–Kier alpha value is -2.67. The van der Waals surface area contributed by atoms with E-state index in [0.717, 1.165) is 42.5 Å². The van der Waals surface area contributed by atoms with Crippen LogP contribution in [0.5, 0.6) is 0 Å². The number of hydrogen-bond donors (Lipinski definition) is 4. The van der Waals surface area contributed by atoms with Crippen LogP contribution in [0.4, 0.5) is 25.8 Å². The van der Waals surface area contributed by atoms with Crippen molar-refractivity contribution in [3.05, 3.63) is 52.4 Å². The van der Waals surface area contributed by atoms with Gasteiger partial charge in [0.15, 0.2) is 0 Å². The summed E-state index contributed by atoms with van der Waals surface area (Å²) in [6.45, 7) is 1.48. The summed E-state index contributed by atoms with van der Waals surface area (Å²) in [6, 6.07) is 7.68. The predicted octanol–water partition coefficient (Wildman–Crippen LogP) is 4.50. The second-order valence-electron chi connectivity index (χ2n) is 10.6. The number of aliphatic hydroxyl groups excluding tert-OH is 1. The number of carbonyl (C=O) groups excluding carboxylic acids is 1. The molecule has 2 aliphatic carbocycles. The standard InChI is InChI=1S/C26H33F2N5O4S/c27-26(28)6-5-19(17-26)32-11-1-2-21(24(32)36)29-23(35)20-4-3-18(30-38-33(37)14-15-34)16-22(20)31-12-9-25(7-8-25)10-13-31/h1-4,11,16,19,30,34,37H,5-10,12-15,17H2,(H,29,35). The Balaban J connectivity index is 1.37. The van der Waals surface area contributed by atoms with Crippen LogP contribution >= 0.6 is 12.1 Å². The third-order valence-electron chi connectivity index (χ3n) is 7.92. The van der Waals surface area contributed by atoms with Gasteiger partial charge in [0.25, 0.3) is 11.5 Å². The Morgan fingerprint density at radius 3 is 2.58 bits per heavy atom. The third-order valence-corrected chi connectivity index (χ3v) is 8.64. The molecule has 3 fully saturated rings. The summed E-state index contributed by atoms with van der Waals surface area (Å²) in [5.74, 6) is -3.24. The minimum atomic E-state index is -2.79. The molecular weight excluding hydrogens is 516 g/mol. The lowest BCUT2D eigenvalue weighted by atomic mass is 9.93. The number of nitrogens with zero attached hydrogens (tertiary/aromatic N) is 3. The molecule has 38 heavy (non-hydrogen) atoms. The molecule has 2 heterocycles. The molecule has 4 N–H and O–H groups in total. The normalized spacial score (nSPS) is 21.6. The van der Waals surface area contributed by atoms with Gasteiger partial charge in [-0.1, -0.05) is 0 Å². The zero-order valence-corrected chi connectivity index (χ0v) is 21.9. The number of halogens is 2. The van der Waals surface area contributed by atoms with Gasteiger partial charge in [0.2, 0.25) is 5.92 Å². The number of anilines is 3. The lowest BCUT2D eigenvalue weighted by Gasteiger charge is -2.35. The van der Waals surface area contributed by atoms with Gasteiger partial charge in [-0.05, 0) is 67.9 Å². The number of piperidine rings is 1. The van der Waals surface area contributed by atoms with E-state index in [0.29, 0.717) is 22.4 Å². The summed E-state index contributed by atoms with van der Waals surface area (Å²) >= 11 is 0.914. The van der Waals surface area contributed by atoms with Crippen LogP contribution in [0.15, 0.2) is 41.3 Å². The van der Waals surface area contributed by atoms with Crippen LogP contribution < -0.4 is 20.5 Å². The van der Waals surface area contributed by atoms with E-state index in [4.69, 9.17) is 5.11 Å². The molecule has 206 valence electrons. The second-order valence-corrected chi connectivity index (χ2v) is 11.4. The van der Waals surface area contributed by atoms with Crippen molar-refractivity contribution in [1.82, 2.24) is 9.04 Å². The van der Waals surface area contributed by atoms with Gasteiger partial charge >= 0.3 is 0 Å². The van der Waals surface area contributed by atoms with Crippen molar-refractivity contribution in [3.63, 3.8) is 0 Å². The van der Waals surface area contributed by atoms with Gasteiger partial charge in [0, 0.05) is 43.9 Å². The quantitative estimate of drug-likeness (QED) is 0.267. The van der Waals surface area contributed by atoms with Crippen molar-refractivity contribution < 1.29 is 23.9 Å². The highest BCUT2D eigenvalue weighted by molar-refractivity contribution is 7.98. The van der Waals surface area contributed by atoms with Crippen LogP contribution in [0.1, 0.15) is 61.3 Å². The first-order valence-corrected chi connectivity index (χ1v) is 13.8. The maximum absolute atomic E-state index is 13.8. The minimum Gasteiger partial charge on any atom is -0.395 e. The van der Waals surface area contributed by atoms with Crippen LogP contribution in [0.3, 0.4) is 0 Å². The molecule has 1 aromatic carbocycles. The highest BCUT2D eigenvalue weighted by atomic mass is 32.2. The Morgan fingerprint density at radius 2 is 1.92 bits per heavy atom. The fraction of sp³-hybridized carbons (Fsp3) is 0.538. The molecule has 0 bridgehead atoms. The molecule has 12 heteroatoms. The molecule has 1 amide bonds. The van der Waals surface area contributed by atoms with Gasteiger partial charge in [-0.2, -0.15) is 0 Å². The zero-order valence-electron chi connectivity index (χ0n) is 21.0. The van der Waals surface area contributed by atoms with Crippen molar-refractivity contribution in [3.8, 4) is 0 Å². The first-order valence-electron chi connectivity index (χ1n) is 13.0. The lowest BCUT2D eigenvalue weighted by Crippen LogP contribution is -2.36. The number of aromatic nitrogens is 1. The molecule has 1 aromatic heterocycles. The van der Waals surface area contributed by atoms with Crippen molar-refractivity contribution in [2.45, 2.75) is 56.9 Å². The molecule has 2 saturated carbocycles. The average molecular weight is 550 g/mol. The van der Waals surface area contributed by atoms with Crippen LogP contribution in [0.25, 0.3) is 0 Å². The second kappa shape index (κ2) is 10.8. The molecule has 2 aromatic rings. The van der Waals surface area contributed by atoms with Crippen molar-refractivity contribution in [2.75, 3.05) is 41.2 Å². The zero-order chi connectivity index (χ0) is 26.9. The van der Waals surface area contributed by atoms with E-state index < -0.39 is 23.4 Å². The Morgan fingerprint density at radius 1 is 1.16 bits per heavy atom. The van der Waals surface area contributed by atoms with Crippen LogP contribution in [0, 0.1) is 5.41 Å². The number of hydrogen-bond acceptors (Lipinski definition) is 8. The first-order chi connectivity index (χ1) is 18.2. The molecule has 1 aliphatic heterocycles. The number of pyridine rings is 1. The van der Waals surface area contributed by atoms with E-state index >= 15 is 0 Å². The topological polar surface area (TPSA) is 110 Å². The Kier molecular flexibility index (Phi) is 7.67. The molecule has 9 nitrogen and oxygen atoms in total. The number of carbonyl (C=O) groups is 1. The molecule has 1 unspecified atom stereocenters. The molecular formula is C26H33F2N5O4S. The maximum atomic E-state index is 13.8. The number of amides is 1. The van der Waals surface area contributed by atoms with Crippen molar-refractivity contribution in [2.24, 2.45) is 5.41 Å². The Labute approximate surface area is 224 Å². The summed E-state index contributed by atoms with van der Waals surface area (Å²) in [4.78, 5) is 28.7. The van der Waals surface area contributed by atoms with Gasteiger partial charge in [-0.3, -0.25) is 9.59 Å². The highest BCUT2D eigenvalue weighted by Crippen LogP contribution is 2.54. The third kappa shape index (κ3) is 5.98.